The van der Waals surface area contributed by atoms with E-state index in [0.29, 0.717) is 6.61 Å². The summed E-state index contributed by atoms with van der Waals surface area (Å²) in [6.07, 6.45) is 0. The van der Waals surface area contributed by atoms with E-state index in [-0.39, 0.29) is 0 Å². The van der Waals surface area contributed by atoms with Gasteiger partial charge in [-0.2, -0.15) is 0 Å². The Morgan fingerprint density at radius 2 is 1.71 bits per heavy atom. The molecule has 0 saturated heterocycles. The number of rotatable bonds is 3. The Bertz CT molecular complexity index is 503. The van der Waals surface area contributed by atoms with Gasteiger partial charge < -0.3 is 10.5 Å². The van der Waals surface area contributed by atoms with Gasteiger partial charge in [-0.25, -0.2) is 0 Å². The van der Waals surface area contributed by atoms with Crippen LogP contribution in [-0.2, 0) is 6.61 Å². The molecule has 0 spiro atoms. The number of ether oxygens (including phenoxy) is 1. The van der Waals surface area contributed by atoms with Gasteiger partial charge >= 0.3 is 0 Å². The standard InChI is InChI=1S/C15H17NO/c1-11-3-7-14(8-4-11)17-10-13-6-5-12(2)15(16)9-13/h3-9H,10,16H2,1-2H3. The summed E-state index contributed by atoms with van der Waals surface area (Å²) in [6.45, 7) is 4.61. The number of aryl methyl sites for hydroxylation is 2. The van der Waals surface area contributed by atoms with Gasteiger partial charge in [-0.1, -0.05) is 29.8 Å². The van der Waals surface area contributed by atoms with Crippen molar-refractivity contribution in [1.29, 1.82) is 0 Å². The number of benzene rings is 2. The van der Waals surface area contributed by atoms with Gasteiger partial charge in [0, 0.05) is 5.69 Å². The summed E-state index contributed by atoms with van der Waals surface area (Å²) in [5, 5.41) is 0. The van der Waals surface area contributed by atoms with Gasteiger partial charge in [-0.05, 0) is 43.2 Å². The zero-order chi connectivity index (χ0) is 12.3. The lowest BCUT2D eigenvalue weighted by atomic mass is 10.1. The van der Waals surface area contributed by atoms with Crippen LogP contribution in [-0.4, -0.2) is 0 Å². The molecule has 0 aliphatic rings. The lowest BCUT2D eigenvalue weighted by Gasteiger charge is -2.08. The first-order chi connectivity index (χ1) is 8.15. The average molecular weight is 227 g/mol. The van der Waals surface area contributed by atoms with E-state index in [1.54, 1.807) is 0 Å². The smallest absolute Gasteiger partial charge is 0.119 e. The molecule has 0 fully saturated rings. The lowest BCUT2D eigenvalue weighted by molar-refractivity contribution is 0.306. The van der Waals surface area contributed by atoms with Crippen molar-refractivity contribution in [3.63, 3.8) is 0 Å². The molecular weight excluding hydrogens is 210 g/mol. The molecule has 0 unspecified atom stereocenters. The third kappa shape index (κ3) is 3.00. The fraction of sp³-hybridized carbons (Fsp3) is 0.200. The highest BCUT2D eigenvalue weighted by atomic mass is 16.5. The SMILES string of the molecule is Cc1ccc(OCc2ccc(C)c(N)c2)cc1. The van der Waals surface area contributed by atoms with Gasteiger partial charge in [0.2, 0.25) is 0 Å². The third-order valence-electron chi connectivity index (χ3n) is 2.77. The first kappa shape index (κ1) is 11.5. The van der Waals surface area contributed by atoms with Crippen molar-refractivity contribution >= 4 is 5.69 Å². The van der Waals surface area contributed by atoms with E-state index in [1.807, 2.05) is 49.4 Å². The van der Waals surface area contributed by atoms with Crippen LogP contribution in [0.25, 0.3) is 0 Å². The molecule has 2 rings (SSSR count). The van der Waals surface area contributed by atoms with Gasteiger partial charge in [0.05, 0.1) is 0 Å². The van der Waals surface area contributed by atoms with Crippen LogP contribution in [0.5, 0.6) is 5.75 Å². The second-order valence-corrected chi connectivity index (χ2v) is 4.29. The van der Waals surface area contributed by atoms with Crippen molar-refractivity contribution < 1.29 is 4.74 Å². The van der Waals surface area contributed by atoms with Gasteiger partial charge in [-0.3, -0.25) is 0 Å². The summed E-state index contributed by atoms with van der Waals surface area (Å²) in [5.74, 6) is 0.884. The third-order valence-corrected chi connectivity index (χ3v) is 2.77. The molecule has 2 aromatic carbocycles. The minimum absolute atomic E-state index is 0.549. The summed E-state index contributed by atoms with van der Waals surface area (Å²) in [4.78, 5) is 0. The Hall–Kier alpha value is -1.96. The molecule has 17 heavy (non-hydrogen) atoms. The number of hydrogen-bond donors (Lipinski definition) is 1. The largest absolute Gasteiger partial charge is 0.489 e. The van der Waals surface area contributed by atoms with Crippen LogP contribution in [0.4, 0.5) is 5.69 Å². The van der Waals surface area contributed by atoms with Crippen molar-refractivity contribution in [2.45, 2.75) is 20.5 Å². The molecule has 2 nitrogen and oxygen atoms in total. The molecule has 0 heterocycles. The molecule has 2 aromatic rings. The number of anilines is 1. The molecule has 0 saturated carbocycles. The maximum absolute atomic E-state index is 5.85. The van der Waals surface area contributed by atoms with Gasteiger partial charge in [-0.15, -0.1) is 0 Å². The lowest BCUT2D eigenvalue weighted by Crippen LogP contribution is -1.98. The van der Waals surface area contributed by atoms with E-state index < -0.39 is 0 Å². The molecule has 0 atom stereocenters. The van der Waals surface area contributed by atoms with Crippen LogP contribution >= 0.6 is 0 Å². The minimum Gasteiger partial charge on any atom is -0.489 e. The number of hydrogen-bond acceptors (Lipinski definition) is 2. The zero-order valence-electron chi connectivity index (χ0n) is 10.2. The Morgan fingerprint density at radius 1 is 1.00 bits per heavy atom. The van der Waals surface area contributed by atoms with Gasteiger partial charge in [0.15, 0.2) is 0 Å². The first-order valence-corrected chi connectivity index (χ1v) is 5.69. The fourth-order valence-corrected chi connectivity index (χ4v) is 1.58. The maximum Gasteiger partial charge on any atom is 0.119 e. The molecule has 0 amide bonds. The van der Waals surface area contributed by atoms with Crippen LogP contribution in [0.15, 0.2) is 42.5 Å². The predicted molar refractivity (Wildman–Crippen MR) is 71.1 cm³/mol. The van der Waals surface area contributed by atoms with Crippen molar-refractivity contribution in [2.75, 3.05) is 5.73 Å². The highest BCUT2D eigenvalue weighted by Crippen LogP contribution is 2.16. The summed E-state index contributed by atoms with van der Waals surface area (Å²) in [5.41, 5.74) is 10.1. The Balaban J connectivity index is 2.02. The first-order valence-electron chi connectivity index (χ1n) is 5.69. The van der Waals surface area contributed by atoms with E-state index in [1.165, 1.54) is 5.56 Å². The molecule has 0 aliphatic heterocycles. The summed E-state index contributed by atoms with van der Waals surface area (Å²) >= 11 is 0. The predicted octanol–water partition coefficient (Wildman–Crippen LogP) is 3.46. The van der Waals surface area contributed by atoms with E-state index in [0.717, 1.165) is 22.6 Å². The Kier molecular flexibility index (Phi) is 3.33. The van der Waals surface area contributed by atoms with Gasteiger partial charge in [0.1, 0.15) is 12.4 Å². The fourth-order valence-electron chi connectivity index (χ4n) is 1.58. The molecule has 2 heteroatoms. The molecule has 0 aliphatic carbocycles. The Morgan fingerprint density at radius 3 is 2.35 bits per heavy atom. The van der Waals surface area contributed by atoms with Crippen LogP contribution in [0, 0.1) is 13.8 Å². The summed E-state index contributed by atoms with van der Waals surface area (Å²) < 4.78 is 5.69. The molecule has 0 bridgehead atoms. The molecule has 88 valence electrons. The van der Waals surface area contributed by atoms with E-state index in [2.05, 4.69) is 6.92 Å². The second-order valence-electron chi connectivity index (χ2n) is 4.29. The van der Waals surface area contributed by atoms with E-state index >= 15 is 0 Å². The maximum atomic E-state index is 5.85. The van der Waals surface area contributed by atoms with Crippen LogP contribution in [0.3, 0.4) is 0 Å². The van der Waals surface area contributed by atoms with E-state index in [9.17, 15) is 0 Å². The number of nitrogen functional groups attached to an aromatic ring is 1. The Labute approximate surface area is 102 Å². The molecular formula is C15H17NO. The minimum atomic E-state index is 0.549. The van der Waals surface area contributed by atoms with Crippen molar-refractivity contribution in [3.05, 3.63) is 59.2 Å². The van der Waals surface area contributed by atoms with Crippen LogP contribution in [0.1, 0.15) is 16.7 Å². The highest BCUT2D eigenvalue weighted by molar-refractivity contribution is 5.48. The van der Waals surface area contributed by atoms with Gasteiger partial charge in [0.25, 0.3) is 0 Å². The number of nitrogens with two attached hydrogens (primary N) is 1. The molecule has 2 N–H and O–H groups in total. The second kappa shape index (κ2) is 4.91. The summed E-state index contributed by atoms with van der Waals surface area (Å²) in [7, 11) is 0. The molecule has 0 radical (unpaired) electrons. The highest BCUT2D eigenvalue weighted by Gasteiger charge is 1.98. The zero-order valence-corrected chi connectivity index (χ0v) is 10.2. The van der Waals surface area contributed by atoms with Crippen molar-refractivity contribution in [1.82, 2.24) is 0 Å². The van der Waals surface area contributed by atoms with E-state index in [4.69, 9.17) is 10.5 Å². The van der Waals surface area contributed by atoms with Crippen LogP contribution in [0.2, 0.25) is 0 Å². The quantitative estimate of drug-likeness (QED) is 0.815. The average Bonchev–Trinajstić information content (AvgIpc) is 2.33. The monoisotopic (exact) mass is 227 g/mol. The molecule has 0 aromatic heterocycles. The van der Waals surface area contributed by atoms with Crippen molar-refractivity contribution in [3.8, 4) is 5.75 Å². The van der Waals surface area contributed by atoms with Crippen molar-refractivity contribution in [2.24, 2.45) is 0 Å². The van der Waals surface area contributed by atoms with Crippen LogP contribution < -0.4 is 10.5 Å². The topological polar surface area (TPSA) is 35.2 Å². The normalized spacial score (nSPS) is 10.2. The summed E-state index contributed by atoms with van der Waals surface area (Å²) in [6, 6.07) is 14.1.